The van der Waals surface area contributed by atoms with Crippen molar-refractivity contribution in [2.24, 2.45) is 0 Å². The average molecular weight is 339 g/mol. The molecule has 5 heteroatoms. The molecule has 25 heavy (non-hydrogen) atoms. The van der Waals surface area contributed by atoms with Crippen molar-refractivity contribution < 1.29 is 19.0 Å². The minimum absolute atomic E-state index is 0.164. The van der Waals surface area contributed by atoms with Gasteiger partial charge in [0.1, 0.15) is 5.75 Å². The lowest BCUT2D eigenvalue weighted by Gasteiger charge is -2.32. The lowest BCUT2D eigenvalue weighted by molar-refractivity contribution is -0.256. The number of hydrogen-bond acceptors (Lipinski definition) is 4. The Morgan fingerprint density at radius 3 is 2.64 bits per heavy atom. The van der Waals surface area contributed by atoms with E-state index < -0.39 is 5.79 Å². The van der Waals surface area contributed by atoms with Crippen LogP contribution in [0, 0.1) is 6.92 Å². The summed E-state index contributed by atoms with van der Waals surface area (Å²) < 4.78 is 17.2. The molecule has 4 rings (SSSR count). The molecule has 0 radical (unpaired) electrons. The van der Waals surface area contributed by atoms with Gasteiger partial charge in [0, 0.05) is 11.1 Å². The Balaban J connectivity index is 1.80. The van der Waals surface area contributed by atoms with Crippen LogP contribution in [-0.4, -0.2) is 26.2 Å². The number of rotatable bonds is 3. The predicted octanol–water partition coefficient (Wildman–Crippen LogP) is 3.14. The van der Waals surface area contributed by atoms with Crippen LogP contribution in [-0.2, 0) is 26.6 Å². The highest BCUT2D eigenvalue weighted by atomic mass is 16.7. The SMILES string of the molecule is COc1ccccc1CN1C(=O)C2(OCCCO2)c2cccc(C)c21. The Bertz CT molecular complexity index is 811. The normalized spacial score (nSPS) is 18.5. The minimum Gasteiger partial charge on any atom is -0.496 e. The number of benzene rings is 2. The number of amides is 1. The summed E-state index contributed by atoms with van der Waals surface area (Å²) in [6, 6.07) is 13.6. The van der Waals surface area contributed by atoms with E-state index in [9.17, 15) is 4.79 Å². The first-order valence-corrected chi connectivity index (χ1v) is 8.49. The Hall–Kier alpha value is -2.37. The summed E-state index contributed by atoms with van der Waals surface area (Å²) in [6.45, 7) is 3.45. The Morgan fingerprint density at radius 1 is 1.12 bits per heavy atom. The second-order valence-corrected chi connectivity index (χ2v) is 6.34. The van der Waals surface area contributed by atoms with E-state index in [1.54, 1.807) is 12.0 Å². The highest BCUT2D eigenvalue weighted by Crippen LogP contribution is 2.47. The van der Waals surface area contributed by atoms with Crippen LogP contribution in [0.3, 0.4) is 0 Å². The van der Waals surface area contributed by atoms with Crippen molar-refractivity contribution in [3.05, 3.63) is 59.2 Å². The molecule has 130 valence electrons. The van der Waals surface area contributed by atoms with E-state index in [0.717, 1.165) is 34.5 Å². The smallest absolute Gasteiger partial charge is 0.292 e. The Labute approximate surface area is 147 Å². The van der Waals surface area contributed by atoms with E-state index >= 15 is 0 Å². The topological polar surface area (TPSA) is 48.0 Å². The van der Waals surface area contributed by atoms with E-state index in [1.807, 2.05) is 49.4 Å². The quantitative estimate of drug-likeness (QED) is 0.862. The number of anilines is 1. The van der Waals surface area contributed by atoms with Gasteiger partial charge in [-0.1, -0.05) is 36.4 Å². The molecule has 0 atom stereocenters. The number of fused-ring (bicyclic) bond motifs is 2. The first kappa shape index (κ1) is 16.1. The van der Waals surface area contributed by atoms with E-state index in [1.165, 1.54) is 0 Å². The van der Waals surface area contributed by atoms with Crippen molar-refractivity contribution in [1.82, 2.24) is 0 Å². The summed E-state index contributed by atoms with van der Waals surface area (Å²) >= 11 is 0. The molecule has 5 nitrogen and oxygen atoms in total. The highest BCUT2D eigenvalue weighted by Gasteiger charge is 2.55. The van der Waals surface area contributed by atoms with Crippen molar-refractivity contribution >= 4 is 11.6 Å². The molecule has 2 aliphatic rings. The molecule has 2 aliphatic heterocycles. The standard InChI is InChI=1S/C20H21NO4/c1-14-7-5-9-16-18(14)21(13-15-8-3-4-10-17(15)23-2)19(22)20(16)24-11-6-12-25-20/h3-5,7-10H,6,11-13H2,1-2H3. The van der Waals surface area contributed by atoms with E-state index in [0.29, 0.717) is 19.8 Å². The van der Waals surface area contributed by atoms with Crippen molar-refractivity contribution in [3.63, 3.8) is 0 Å². The van der Waals surface area contributed by atoms with Gasteiger partial charge in [0.2, 0.25) is 0 Å². The summed E-state index contributed by atoms with van der Waals surface area (Å²) in [5.74, 6) is -0.707. The number of aryl methyl sites for hydroxylation is 1. The van der Waals surface area contributed by atoms with Crippen molar-refractivity contribution in [2.75, 3.05) is 25.2 Å². The molecule has 0 aromatic heterocycles. The molecule has 2 aromatic rings. The average Bonchev–Trinajstić information content (AvgIpc) is 2.87. The fourth-order valence-corrected chi connectivity index (χ4v) is 3.64. The first-order valence-electron chi connectivity index (χ1n) is 8.49. The zero-order chi connectivity index (χ0) is 17.4. The summed E-state index contributed by atoms with van der Waals surface area (Å²) in [5.41, 5.74) is 3.64. The van der Waals surface area contributed by atoms with Crippen LogP contribution in [0.2, 0.25) is 0 Å². The van der Waals surface area contributed by atoms with Gasteiger partial charge in [-0.3, -0.25) is 4.79 Å². The van der Waals surface area contributed by atoms with Crippen molar-refractivity contribution in [1.29, 1.82) is 0 Å². The summed E-state index contributed by atoms with van der Waals surface area (Å²) in [4.78, 5) is 15.1. The van der Waals surface area contributed by atoms with Gasteiger partial charge in [0.05, 0.1) is 32.6 Å². The van der Waals surface area contributed by atoms with Gasteiger partial charge in [-0.05, 0) is 25.0 Å². The maximum Gasteiger partial charge on any atom is 0.292 e. The van der Waals surface area contributed by atoms with Crippen molar-refractivity contribution in [2.45, 2.75) is 25.7 Å². The van der Waals surface area contributed by atoms with Gasteiger partial charge >= 0.3 is 0 Å². The monoisotopic (exact) mass is 339 g/mol. The van der Waals surface area contributed by atoms with Crippen LogP contribution >= 0.6 is 0 Å². The Kier molecular flexibility index (Phi) is 3.98. The molecule has 0 saturated carbocycles. The van der Waals surface area contributed by atoms with Gasteiger partial charge in [-0.15, -0.1) is 0 Å². The minimum atomic E-state index is -1.30. The summed E-state index contributed by atoms with van der Waals surface area (Å²) in [6.07, 6.45) is 0.794. The van der Waals surface area contributed by atoms with Gasteiger partial charge < -0.3 is 19.1 Å². The number of ether oxygens (including phenoxy) is 3. The summed E-state index contributed by atoms with van der Waals surface area (Å²) in [5, 5.41) is 0. The molecule has 0 aliphatic carbocycles. The third-order valence-corrected chi connectivity index (χ3v) is 4.81. The number of carbonyl (C=O) groups is 1. The van der Waals surface area contributed by atoms with Crippen LogP contribution in [0.4, 0.5) is 5.69 Å². The number of hydrogen-bond donors (Lipinski definition) is 0. The van der Waals surface area contributed by atoms with Crippen LogP contribution in [0.5, 0.6) is 5.75 Å². The fourth-order valence-electron chi connectivity index (χ4n) is 3.64. The molecular formula is C20H21NO4. The summed E-state index contributed by atoms with van der Waals surface area (Å²) in [7, 11) is 1.64. The third-order valence-electron chi connectivity index (χ3n) is 4.81. The second kappa shape index (κ2) is 6.17. The highest BCUT2D eigenvalue weighted by molar-refractivity contribution is 6.06. The van der Waals surface area contributed by atoms with Crippen LogP contribution in [0.1, 0.15) is 23.1 Å². The number of carbonyl (C=O) groups excluding carboxylic acids is 1. The van der Waals surface area contributed by atoms with Crippen LogP contribution in [0.15, 0.2) is 42.5 Å². The maximum absolute atomic E-state index is 13.3. The molecule has 1 fully saturated rings. The molecular weight excluding hydrogens is 318 g/mol. The van der Waals surface area contributed by atoms with E-state index in [-0.39, 0.29) is 5.91 Å². The van der Waals surface area contributed by atoms with E-state index in [2.05, 4.69) is 0 Å². The van der Waals surface area contributed by atoms with Crippen molar-refractivity contribution in [3.8, 4) is 5.75 Å². The van der Waals surface area contributed by atoms with Crippen LogP contribution in [0.25, 0.3) is 0 Å². The Morgan fingerprint density at radius 2 is 1.88 bits per heavy atom. The largest absolute Gasteiger partial charge is 0.496 e. The molecule has 0 unspecified atom stereocenters. The van der Waals surface area contributed by atoms with Gasteiger partial charge in [-0.2, -0.15) is 0 Å². The molecule has 0 bridgehead atoms. The molecule has 2 aromatic carbocycles. The lowest BCUT2D eigenvalue weighted by atomic mass is 10.0. The fraction of sp³-hybridized carbons (Fsp3) is 0.350. The van der Waals surface area contributed by atoms with E-state index in [4.69, 9.17) is 14.2 Å². The zero-order valence-electron chi connectivity index (χ0n) is 14.5. The third kappa shape index (κ3) is 2.42. The number of nitrogens with zero attached hydrogens (tertiary/aromatic N) is 1. The number of methoxy groups -OCH3 is 1. The van der Waals surface area contributed by atoms with Gasteiger partial charge in [-0.25, -0.2) is 0 Å². The lowest BCUT2D eigenvalue weighted by Crippen LogP contribution is -2.47. The van der Waals surface area contributed by atoms with Gasteiger partial charge in [0.15, 0.2) is 0 Å². The molecule has 2 heterocycles. The van der Waals surface area contributed by atoms with Crippen LogP contribution < -0.4 is 9.64 Å². The zero-order valence-corrected chi connectivity index (χ0v) is 14.5. The second-order valence-electron chi connectivity index (χ2n) is 6.34. The first-order chi connectivity index (χ1) is 12.2. The molecule has 0 N–H and O–H groups in total. The molecule has 1 saturated heterocycles. The molecule has 1 amide bonds. The number of para-hydroxylation sites is 2. The maximum atomic E-state index is 13.3. The van der Waals surface area contributed by atoms with Gasteiger partial charge in [0.25, 0.3) is 11.7 Å². The predicted molar refractivity (Wildman–Crippen MR) is 93.6 cm³/mol. The molecule has 1 spiro atoms.